The van der Waals surface area contributed by atoms with Gasteiger partial charge in [-0.15, -0.1) is 0 Å². The van der Waals surface area contributed by atoms with Crippen LogP contribution in [0.1, 0.15) is 53.0 Å². The van der Waals surface area contributed by atoms with Crippen LogP contribution in [-0.4, -0.2) is 31.4 Å². The Morgan fingerprint density at radius 1 is 1.04 bits per heavy atom. The normalized spacial score (nSPS) is 16.3. The Hall–Kier alpha value is -1.36. The molecule has 1 aliphatic carbocycles. The summed E-state index contributed by atoms with van der Waals surface area (Å²) in [5.74, 6) is -0.382. The van der Waals surface area contributed by atoms with Gasteiger partial charge in [0.1, 0.15) is 4.75 Å². The molecule has 1 aliphatic rings. The first-order valence-corrected chi connectivity index (χ1v) is 9.56. The van der Waals surface area contributed by atoms with Gasteiger partial charge >= 0.3 is 0 Å². The third-order valence-electron chi connectivity index (χ3n) is 4.61. The van der Waals surface area contributed by atoms with Gasteiger partial charge < -0.3 is 4.90 Å². The molecule has 0 aromatic heterocycles. The van der Waals surface area contributed by atoms with Crippen LogP contribution in [0.3, 0.4) is 0 Å². The zero-order valence-electron chi connectivity index (χ0n) is 14.9. The largest absolute Gasteiger partial charge is 0.314 e. The average molecular weight is 337 g/mol. The molecule has 128 valence electrons. The molecule has 1 aromatic rings. The van der Waals surface area contributed by atoms with Crippen LogP contribution in [0.5, 0.6) is 0 Å². The van der Waals surface area contributed by atoms with Gasteiger partial charge in [0.15, 0.2) is 9.84 Å². The summed E-state index contributed by atoms with van der Waals surface area (Å²) in [6, 6.07) is 7.72. The van der Waals surface area contributed by atoms with E-state index in [0.29, 0.717) is 18.5 Å². The minimum Gasteiger partial charge on any atom is -0.314 e. The van der Waals surface area contributed by atoms with Crippen molar-refractivity contribution in [3.05, 3.63) is 29.8 Å². The first-order valence-electron chi connectivity index (χ1n) is 8.01. The lowest BCUT2D eigenvalue weighted by molar-refractivity contribution is -0.120. The molecule has 23 heavy (non-hydrogen) atoms. The molecule has 0 N–H and O–H groups in total. The van der Waals surface area contributed by atoms with Crippen LogP contribution in [-0.2, 0) is 20.0 Å². The van der Waals surface area contributed by atoms with Gasteiger partial charge in [0.2, 0.25) is 5.91 Å². The number of carbonyl (C=O) groups is 1. The molecular formula is C18H27NO3S. The molecule has 4 nitrogen and oxygen atoms in total. The highest BCUT2D eigenvalue weighted by Crippen LogP contribution is 2.37. The lowest BCUT2D eigenvalue weighted by Crippen LogP contribution is -2.50. The van der Waals surface area contributed by atoms with E-state index in [-0.39, 0.29) is 16.6 Å². The van der Waals surface area contributed by atoms with Gasteiger partial charge in [0, 0.05) is 12.7 Å². The summed E-state index contributed by atoms with van der Waals surface area (Å²) in [7, 11) is -1.80. The van der Waals surface area contributed by atoms with Crippen molar-refractivity contribution in [3.63, 3.8) is 0 Å². The molecule has 1 aromatic carbocycles. The summed E-state index contributed by atoms with van der Waals surface area (Å²) in [6.45, 7) is 9.42. The maximum absolute atomic E-state index is 12.8. The number of amides is 1. The first-order chi connectivity index (χ1) is 10.4. The standard InChI is InChI=1S/C18H27NO3S/c1-17(2,3)13-7-9-14(10-8-13)19(6)16(20)18(4,5)23(21,22)15-11-12-15/h7-10,15H,11-12H2,1-6H3. The van der Waals surface area contributed by atoms with Crippen molar-refractivity contribution in [2.75, 3.05) is 11.9 Å². The predicted molar refractivity (Wildman–Crippen MR) is 94.6 cm³/mol. The zero-order valence-corrected chi connectivity index (χ0v) is 15.7. The molecule has 1 saturated carbocycles. The lowest BCUT2D eigenvalue weighted by Gasteiger charge is -2.29. The lowest BCUT2D eigenvalue weighted by atomic mass is 9.87. The molecule has 2 rings (SSSR count). The number of hydrogen-bond donors (Lipinski definition) is 0. The Morgan fingerprint density at radius 3 is 1.91 bits per heavy atom. The minimum absolute atomic E-state index is 0.0374. The summed E-state index contributed by atoms with van der Waals surface area (Å²) >= 11 is 0. The van der Waals surface area contributed by atoms with E-state index in [1.54, 1.807) is 7.05 Å². The van der Waals surface area contributed by atoms with Gasteiger partial charge in [-0.25, -0.2) is 8.42 Å². The van der Waals surface area contributed by atoms with Crippen molar-refractivity contribution in [1.29, 1.82) is 0 Å². The van der Waals surface area contributed by atoms with Crippen molar-refractivity contribution in [2.45, 2.75) is 62.9 Å². The number of nitrogens with zero attached hydrogens (tertiary/aromatic N) is 1. The molecule has 0 saturated heterocycles. The van der Waals surface area contributed by atoms with E-state index in [4.69, 9.17) is 0 Å². The summed E-state index contributed by atoms with van der Waals surface area (Å²) in [5.41, 5.74) is 1.92. The van der Waals surface area contributed by atoms with Crippen molar-refractivity contribution in [1.82, 2.24) is 0 Å². The fraction of sp³-hybridized carbons (Fsp3) is 0.611. The fourth-order valence-electron chi connectivity index (χ4n) is 2.62. The van der Waals surface area contributed by atoms with Gasteiger partial charge in [0.25, 0.3) is 0 Å². The second kappa shape index (κ2) is 5.62. The Balaban J connectivity index is 2.26. The maximum Gasteiger partial charge on any atom is 0.247 e. The molecule has 0 atom stereocenters. The van der Waals surface area contributed by atoms with E-state index < -0.39 is 14.6 Å². The molecule has 1 fully saturated rings. The average Bonchev–Trinajstić information content (AvgIpc) is 3.29. The zero-order chi connectivity index (χ0) is 17.6. The minimum atomic E-state index is -3.44. The first kappa shape index (κ1) is 18.0. The molecule has 0 spiro atoms. The molecule has 0 unspecified atom stereocenters. The van der Waals surface area contributed by atoms with Crippen molar-refractivity contribution >= 4 is 21.4 Å². The van der Waals surface area contributed by atoms with E-state index in [1.165, 1.54) is 24.3 Å². The summed E-state index contributed by atoms with van der Waals surface area (Å²) in [5, 5.41) is -0.349. The maximum atomic E-state index is 12.8. The molecule has 0 radical (unpaired) electrons. The molecular weight excluding hydrogens is 310 g/mol. The van der Waals surface area contributed by atoms with E-state index >= 15 is 0 Å². The van der Waals surface area contributed by atoms with Gasteiger partial charge in [-0.1, -0.05) is 32.9 Å². The Labute approximate surface area is 139 Å². The van der Waals surface area contributed by atoms with Crippen LogP contribution in [0.15, 0.2) is 24.3 Å². The van der Waals surface area contributed by atoms with E-state index in [0.717, 1.165) is 0 Å². The molecule has 0 aliphatic heterocycles. The van der Waals surface area contributed by atoms with Crippen LogP contribution in [0.2, 0.25) is 0 Å². The van der Waals surface area contributed by atoms with Gasteiger partial charge in [-0.05, 0) is 49.8 Å². The van der Waals surface area contributed by atoms with Crippen LogP contribution in [0, 0.1) is 0 Å². The third kappa shape index (κ3) is 3.30. The Bertz CT molecular complexity index is 693. The SMILES string of the molecule is CN(C(=O)C(C)(C)S(=O)(=O)C1CC1)c1ccc(C(C)(C)C)cc1. The second-order valence-corrected chi connectivity index (χ2v) is 10.7. The number of anilines is 1. The van der Waals surface area contributed by atoms with Gasteiger partial charge in [-0.2, -0.15) is 0 Å². The van der Waals surface area contributed by atoms with Gasteiger partial charge in [0.05, 0.1) is 5.25 Å². The number of carbonyl (C=O) groups excluding carboxylic acids is 1. The van der Waals surface area contributed by atoms with E-state index in [9.17, 15) is 13.2 Å². The van der Waals surface area contributed by atoms with Crippen LogP contribution >= 0.6 is 0 Å². The van der Waals surface area contributed by atoms with Gasteiger partial charge in [-0.3, -0.25) is 4.79 Å². The predicted octanol–water partition coefficient (Wildman–Crippen LogP) is 3.30. The van der Waals surface area contributed by atoms with Crippen molar-refractivity contribution < 1.29 is 13.2 Å². The number of sulfone groups is 1. The second-order valence-electron chi connectivity index (χ2n) is 7.92. The van der Waals surface area contributed by atoms with Crippen LogP contribution < -0.4 is 4.90 Å². The molecule has 0 heterocycles. The number of benzene rings is 1. The molecule has 1 amide bonds. The Kier molecular flexibility index (Phi) is 4.39. The fourth-order valence-corrected chi connectivity index (χ4v) is 4.59. The van der Waals surface area contributed by atoms with Crippen molar-refractivity contribution in [3.8, 4) is 0 Å². The Morgan fingerprint density at radius 2 is 1.52 bits per heavy atom. The van der Waals surface area contributed by atoms with E-state index in [1.807, 2.05) is 24.3 Å². The topological polar surface area (TPSA) is 54.5 Å². The number of hydrogen-bond acceptors (Lipinski definition) is 3. The van der Waals surface area contributed by atoms with Crippen molar-refractivity contribution in [2.24, 2.45) is 0 Å². The summed E-state index contributed by atoms with van der Waals surface area (Å²) in [4.78, 5) is 14.2. The highest BCUT2D eigenvalue weighted by molar-refractivity contribution is 7.94. The number of rotatable bonds is 4. The monoisotopic (exact) mass is 337 g/mol. The van der Waals surface area contributed by atoms with E-state index in [2.05, 4.69) is 20.8 Å². The highest BCUT2D eigenvalue weighted by atomic mass is 32.2. The summed E-state index contributed by atoms with van der Waals surface area (Å²) < 4.78 is 23.7. The third-order valence-corrected chi connectivity index (χ3v) is 7.56. The summed E-state index contributed by atoms with van der Waals surface area (Å²) in [6.07, 6.45) is 1.34. The smallest absolute Gasteiger partial charge is 0.247 e. The van der Waals surface area contributed by atoms with Crippen LogP contribution in [0.4, 0.5) is 5.69 Å². The molecule has 0 bridgehead atoms. The van der Waals surface area contributed by atoms with Crippen LogP contribution in [0.25, 0.3) is 0 Å². The quantitative estimate of drug-likeness (QED) is 0.847. The molecule has 5 heteroatoms. The highest BCUT2D eigenvalue weighted by Gasteiger charge is 2.51.